The molecule has 7 nitrogen and oxygen atoms in total. The van der Waals surface area contributed by atoms with Crippen molar-refractivity contribution < 1.29 is 14.3 Å². The van der Waals surface area contributed by atoms with Crippen molar-refractivity contribution in [2.45, 2.75) is 19.5 Å². The number of hydrogen-bond donors (Lipinski definition) is 2. The Morgan fingerprint density at radius 3 is 2.31 bits per heavy atom. The van der Waals surface area contributed by atoms with Gasteiger partial charge in [0, 0.05) is 31.3 Å². The summed E-state index contributed by atoms with van der Waals surface area (Å²) in [4.78, 5) is 25.3. The van der Waals surface area contributed by atoms with Crippen molar-refractivity contribution in [3.8, 4) is 17.0 Å². The van der Waals surface area contributed by atoms with Crippen molar-refractivity contribution in [1.29, 1.82) is 0 Å². The normalized spacial score (nSPS) is 10.5. The number of benzene rings is 3. The lowest BCUT2D eigenvalue weighted by molar-refractivity contribution is -0.121. The Morgan fingerprint density at radius 1 is 0.886 bits per heavy atom. The number of amides is 2. The topological polar surface area (TPSA) is 85.2 Å². The van der Waals surface area contributed by atoms with E-state index in [9.17, 15) is 9.59 Å². The van der Waals surface area contributed by atoms with Crippen molar-refractivity contribution in [2.75, 3.05) is 13.7 Å². The smallest absolute Gasteiger partial charge is 0.255 e. The molecule has 0 fully saturated rings. The molecule has 1 heterocycles. The van der Waals surface area contributed by atoms with Crippen LogP contribution in [0.25, 0.3) is 11.3 Å². The molecular weight excluding hydrogens is 440 g/mol. The van der Waals surface area contributed by atoms with Gasteiger partial charge >= 0.3 is 0 Å². The molecule has 2 N–H and O–H groups in total. The van der Waals surface area contributed by atoms with E-state index < -0.39 is 0 Å². The minimum absolute atomic E-state index is 0.123. The summed E-state index contributed by atoms with van der Waals surface area (Å²) >= 11 is 0. The second-order valence-electron chi connectivity index (χ2n) is 8.07. The van der Waals surface area contributed by atoms with Gasteiger partial charge in [0.1, 0.15) is 11.4 Å². The van der Waals surface area contributed by atoms with Gasteiger partial charge in [0.25, 0.3) is 5.91 Å². The quantitative estimate of drug-likeness (QED) is 0.368. The van der Waals surface area contributed by atoms with Crippen LogP contribution in [0.5, 0.6) is 5.75 Å². The fourth-order valence-electron chi connectivity index (χ4n) is 3.69. The first-order chi connectivity index (χ1) is 17.1. The van der Waals surface area contributed by atoms with Gasteiger partial charge in [0.15, 0.2) is 0 Å². The Bertz CT molecular complexity index is 1270. The van der Waals surface area contributed by atoms with Gasteiger partial charge in [-0.05, 0) is 23.3 Å². The van der Waals surface area contributed by atoms with Gasteiger partial charge in [-0.25, -0.2) is 0 Å². The van der Waals surface area contributed by atoms with E-state index in [1.54, 1.807) is 18.0 Å². The first-order valence-electron chi connectivity index (χ1n) is 11.5. The Balaban J connectivity index is 1.44. The molecule has 0 bridgehead atoms. The Labute approximate surface area is 204 Å². The van der Waals surface area contributed by atoms with Gasteiger partial charge in [-0.1, -0.05) is 72.8 Å². The van der Waals surface area contributed by atoms with E-state index in [1.165, 1.54) is 0 Å². The number of ether oxygens (including phenoxy) is 1. The van der Waals surface area contributed by atoms with Crippen LogP contribution in [0.1, 0.15) is 27.9 Å². The molecule has 0 spiro atoms. The lowest BCUT2D eigenvalue weighted by atomic mass is 10.1. The standard InChI is InChI=1S/C28H28N4O3/c1-35-24-14-8-13-23(17-24)27-25(20-32(31-27)19-22-11-6-3-7-12-22)28(34)29-16-15-26(33)30-18-21-9-4-2-5-10-21/h2-14,17,20H,15-16,18-19H2,1H3,(H,29,34)(H,30,33). The number of hydrogen-bond acceptors (Lipinski definition) is 4. The first-order valence-corrected chi connectivity index (χ1v) is 11.5. The third kappa shape index (κ3) is 6.57. The van der Waals surface area contributed by atoms with E-state index in [0.29, 0.717) is 30.1 Å². The van der Waals surface area contributed by atoms with Gasteiger partial charge in [-0.15, -0.1) is 0 Å². The summed E-state index contributed by atoms with van der Waals surface area (Å²) in [6.45, 7) is 1.22. The van der Waals surface area contributed by atoms with E-state index in [2.05, 4.69) is 10.6 Å². The van der Waals surface area contributed by atoms with Crippen LogP contribution in [0.4, 0.5) is 0 Å². The highest BCUT2D eigenvalue weighted by Gasteiger charge is 2.19. The number of nitrogens with one attached hydrogen (secondary N) is 2. The van der Waals surface area contributed by atoms with E-state index >= 15 is 0 Å². The van der Waals surface area contributed by atoms with Crippen molar-refractivity contribution in [3.63, 3.8) is 0 Å². The Kier molecular flexibility index (Phi) is 7.91. The first kappa shape index (κ1) is 23.8. The molecule has 4 rings (SSSR count). The van der Waals surface area contributed by atoms with Crippen molar-refractivity contribution >= 4 is 11.8 Å². The van der Waals surface area contributed by atoms with Gasteiger partial charge in [0.2, 0.25) is 5.91 Å². The molecule has 1 aromatic heterocycles. The molecule has 0 atom stereocenters. The second-order valence-corrected chi connectivity index (χ2v) is 8.07. The number of carbonyl (C=O) groups excluding carboxylic acids is 2. The molecule has 35 heavy (non-hydrogen) atoms. The van der Waals surface area contributed by atoms with Gasteiger partial charge in [0.05, 0.1) is 19.2 Å². The summed E-state index contributed by atoms with van der Waals surface area (Å²) in [5.74, 6) is 0.279. The predicted octanol–water partition coefficient (Wildman–Crippen LogP) is 4.04. The number of rotatable bonds is 10. The third-order valence-corrected chi connectivity index (χ3v) is 5.51. The molecule has 7 heteroatoms. The Hall–Kier alpha value is -4.39. The zero-order chi connectivity index (χ0) is 24.5. The maximum atomic E-state index is 13.1. The van der Waals surface area contributed by atoms with Crippen LogP contribution in [0.3, 0.4) is 0 Å². The largest absolute Gasteiger partial charge is 0.497 e. The highest BCUT2D eigenvalue weighted by molar-refractivity contribution is 6.00. The van der Waals surface area contributed by atoms with E-state index in [-0.39, 0.29) is 24.8 Å². The van der Waals surface area contributed by atoms with Crippen LogP contribution in [0.2, 0.25) is 0 Å². The van der Waals surface area contributed by atoms with Crippen LogP contribution >= 0.6 is 0 Å². The number of nitrogens with zero attached hydrogens (tertiary/aromatic N) is 2. The SMILES string of the molecule is COc1cccc(-c2nn(Cc3ccccc3)cc2C(=O)NCCC(=O)NCc2ccccc2)c1. The monoisotopic (exact) mass is 468 g/mol. The molecule has 0 saturated carbocycles. The molecule has 0 aliphatic rings. The van der Waals surface area contributed by atoms with Crippen molar-refractivity contribution in [2.24, 2.45) is 0 Å². The molecular formula is C28H28N4O3. The van der Waals surface area contributed by atoms with Crippen LogP contribution in [0, 0.1) is 0 Å². The highest BCUT2D eigenvalue weighted by atomic mass is 16.5. The summed E-state index contributed by atoms with van der Waals surface area (Å²) in [6, 6.07) is 27.1. The molecule has 178 valence electrons. The zero-order valence-corrected chi connectivity index (χ0v) is 19.6. The molecule has 2 amide bonds. The lowest BCUT2D eigenvalue weighted by Crippen LogP contribution is -2.30. The molecule has 0 aliphatic heterocycles. The average molecular weight is 469 g/mol. The molecule has 0 saturated heterocycles. The van der Waals surface area contributed by atoms with Crippen molar-refractivity contribution in [3.05, 3.63) is 108 Å². The Morgan fingerprint density at radius 2 is 1.60 bits per heavy atom. The molecule has 0 radical (unpaired) electrons. The van der Waals surface area contributed by atoms with Gasteiger partial charge < -0.3 is 15.4 Å². The van der Waals surface area contributed by atoms with E-state index in [4.69, 9.17) is 9.84 Å². The van der Waals surface area contributed by atoms with Crippen LogP contribution < -0.4 is 15.4 Å². The van der Waals surface area contributed by atoms with Crippen LogP contribution in [-0.2, 0) is 17.9 Å². The minimum Gasteiger partial charge on any atom is -0.497 e. The van der Waals surface area contributed by atoms with E-state index in [1.807, 2.05) is 84.9 Å². The van der Waals surface area contributed by atoms with Crippen molar-refractivity contribution in [1.82, 2.24) is 20.4 Å². The lowest BCUT2D eigenvalue weighted by Gasteiger charge is -2.08. The summed E-state index contributed by atoms with van der Waals surface area (Å²) in [5.41, 5.74) is 3.89. The molecule has 0 unspecified atom stereocenters. The number of aromatic nitrogens is 2. The maximum Gasteiger partial charge on any atom is 0.255 e. The van der Waals surface area contributed by atoms with E-state index in [0.717, 1.165) is 16.7 Å². The second kappa shape index (κ2) is 11.7. The number of methoxy groups -OCH3 is 1. The fourth-order valence-corrected chi connectivity index (χ4v) is 3.69. The highest BCUT2D eigenvalue weighted by Crippen LogP contribution is 2.26. The average Bonchev–Trinajstić information content (AvgIpc) is 3.32. The summed E-state index contributed by atoms with van der Waals surface area (Å²) < 4.78 is 7.10. The predicted molar refractivity (Wildman–Crippen MR) is 135 cm³/mol. The number of carbonyl (C=O) groups is 2. The van der Waals surface area contributed by atoms with Crippen LogP contribution in [0.15, 0.2) is 91.1 Å². The third-order valence-electron chi connectivity index (χ3n) is 5.51. The summed E-state index contributed by atoms with van der Waals surface area (Å²) in [5, 5.41) is 10.4. The molecule has 0 aliphatic carbocycles. The molecule has 3 aromatic carbocycles. The van der Waals surface area contributed by atoms with Gasteiger partial charge in [-0.2, -0.15) is 5.10 Å². The fraction of sp³-hybridized carbons (Fsp3) is 0.179. The van der Waals surface area contributed by atoms with Crippen LogP contribution in [-0.4, -0.2) is 35.2 Å². The maximum absolute atomic E-state index is 13.1. The molecule has 4 aromatic rings. The van der Waals surface area contributed by atoms with Gasteiger partial charge in [-0.3, -0.25) is 14.3 Å². The summed E-state index contributed by atoms with van der Waals surface area (Å²) in [6.07, 6.45) is 1.93. The minimum atomic E-state index is -0.280. The zero-order valence-electron chi connectivity index (χ0n) is 19.6. The summed E-state index contributed by atoms with van der Waals surface area (Å²) in [7, 11) is 1.60.